The zero-order valence-electron chi connectivity index (χ0n) is 10.9. The zero-order chi connectivity index (χ0) is 14.5. The van der Waals surface area contributed by atoms with Crippen molar-refractivity contribution in [2.45, 2.75) is 25.4 Å². The predicted octanol–water partition coefficient (Wildman–Crippen LogP) is 1.90. The maximum absolute atomic E-state index is 11.9. The van der Waals surface area contributed by atoms with Gasteiger partial charge in [0.05, 0.1) is 22.3 Å². The number of hydrogen-bond donors (Lipinski definition) is 1. The number of nitrogens with zero attached hydrogens (tertiary/aromatic N) is 1. The lowest BCUT2D eigenvalue weighted by atomic mass is 10.1. The van der Waals surface area contributed by atoms with Crippen LogP contribution in [0.3, 0.4) is 0 Å². The van der Waals surface area contributed by atoms with Crippen LogP contribution < -0.4 is 5.73 Å². The normalized spacial score (nSPS) is 18.5. The predicted molar refractivity (Wildman–Crippen MR) is 71.4 cm³/mol. The molecule has 1 aliphatic heterocycles. The number of esters is 1. The van der Waals surface area contributed by atoms with E-state index in [1.165, 1.54) is 12.1 Å². The summed E-state index contributed by atoms with van der Waals surface area (Å²) in [4.78, 5) is 21.9. The topological polar surface area (TPSA) is 105 Å². The van der Waals surface area contributed by atoms with E-state index in [1.54, 1.807) is 0 Å². The molecule has 20 heavy (non-hydrogen) atoms. The number of nitrogen functional groups attached to an aromatic ring is 1. The number of anilines is 1. The molecule has 7 heteroatoms. The lowest BCUT2D eigenvalue weighted by molar-refractivity contribution is -0.384. The molecule has 0 saturated carbocycles. The zero-order valence-corrected chi connectivity index (χ0v) is 10.9. The Morgan fingerprint density at radius 2 is 2.30 bits per heavy atom. The van der Waals surface area contributed by atoms with Crippen LogP contribution >= 0.6 is 0 Å². The summed E-state index contributed by atoms with van der Waals surface area (Å²) >= 11 is 0. The Morgan fingerprint density at radius 3 is 2.90 bits per heavy atom. The SMILES string of the molecule is Nc1cc([N+](=O)[O-])ccc1C(=O)OCC1CCCCO1. The van der Waals surface area contributed by atoms with Crippen LogP contribution in [0, 0.1) is 10.1 Å². The number of nitro groups is 1. The molecule has 0 aliphatic carbocycles. The van der Waals surface area contributed by atoms with Crippen molar-refractivity contribution in [2.75, 3.05) is 18.9 Å². The Morgan fingerprint density at radius 1 is 1.50 bits per heavy atom. The minimum Gasteiger partial charge on any atom is -0.459 e. The van der Waals surface area contributed by atoms with Crippen LogP contribution in [0.5, 0.6) is 0 Å². The van der Waals surface area contributed by atoms with Gasteiger partial charge in [-0.25, -0.2) is 4.79 Å². The van der Waals surface area contributed by atoms with Crippen molar-refractivity contribution in [2.24, 2.45) is 0 Å². The molecule has 1 aromatic carbocycles. The van der Waals surface area contributed by atoms with Gasteiger partial charge in [0.15, 0.2) is 0 Å². The Kier molecular flexibility index (Phi) is 4.52. The number of carbonyl (C=O) groups excluding carboxylic acids is 1. The van der Waals surface area contributed by atoms with Crippen molar-refractivity contribution >= 4 is 17.3 Å². The first-order valence-electron chi connectivity index (χ1n) is 6.40. The van der Waals surface area contributed by atoms with Crippen molar-refractivity contribution in [1.82, 2.24) is 0 Å². The fraction of sp³-hybridized carbons (Fsp3) is 0.462. The van der Waals surface area contributed by atoms with E-state index in [0.29, 0.717) is 6.61 Å². The van der Waals surface area contributed by atoms with Crippen LogP contribution in [-0.4, -0.2) is 30.2 Å². The Balaban J connectivity index is 1.96. The number of benzene rings is 1. The number of ether oxygens (including phenoxy) is 2. The minimum atomic E-state index is -0.591. The van der Waals surface area contributed by atoms with E-state index in [4.69, 9.17) is 15.2 Å². The van der Waals surface area contributed by atoms with Crippen LogP contribution in [-0.2, 0) is 9.47 Å². The van der Waals surface area contributed by atoms with Gasteiger partial charge in [-0.05, 0) is 25.3 Å². The van der Waals surface area contributed by atoms with Gasteiger partial charge in [0.2, 0.25) is 0 Å². The molecule has 0 radical (unpaired) electrons. The van der Waals surface area contributed by atoms with Crippen molar-refractivity contribution < 1.29 is 19.2 Å². The van der Waals surface area contributed by atoms with Crippen LogP contribution in [0.15, 0.2) is 18.2 Å². The molecule has 1 aliphatic rings. The van der Waals surface area contributed by atoms with E-state index in [9.17, 15) is 14.9 Å². The van der Waals surface area contributed by atoms with Gasteiger partial charge in [-0.3, -0.25) is 10.1 Å². The summed E-state index contributed by atoms with van der Waals surface area (Å²) < 4.78 is 10.6. The van der Waals surface area contributed by atoms with Gasteiger partial charge in [0, 0.05) is 18.7 Å². The molecule has 2 N–H and O–H groups in total. The van der Waals surface area contributed by atoms with Crippen molar-refractivity contribution in [3.8, 4) is 0 Å². The van der Waals surface area contributed by atoms with E-state index in [2.05, 4.69) is 0 Å². The van der Waals surface area contributed by atoms with Crippen LogP contribution in [0.1, 0.15) is 29.6 Å². The molecular weight excluding hydrogens is 264 g/mol. The monoisotopic (exact) mass is 280 g/mol. The van der Waals surface area contributed by atoms with Gasteiger partial charge in [-0.1, -0.05) is 0 Å². The third-order valence-electron chi connectivity index (χ3n) is 3.14. The molecule has 0 aromatic heterocycles. The average molecular weight is 280 g/mol. The molecule has 7 nitrogen and oxygen atoms in total. The first-order chi connectivity index (χ1) is 9.58. The summed E-state index contributed by atoms with van der Waals surface area (Å²) in [5.41, 5.74) is 5.64. The van der Waals surface area contributed by atoms with Gasteiger partial charge in [-0.2, -0.15) is 0 Å². The summed E-state index contributed by atoms with van der Waals surface area (Å²) in [5, 5.41) is 10.6. The number of nitro benzene ring substituents is 1. The maximum atomic E-state index is 11.9. The quantitative estimate of drug-likeness (QED) is 0.391. The molecule has 0 spiro atoms. The highest BCUT2D eigenvalue weighted by Gasteiger charge is 2.19. The second-order valence-corrected chi connectivity index (χ2v) is 4.62. The number of nitrogens with two attached hydrogens (primary N) is 1. The van der Waals surface area contributed by atoms with E-state index >= 15 is 0 Å². The maximum Gasteiger partial charge on any atom is 0.340 e. The van der Waals surface area contributed by atoms with E-state index < -0.39 is 10.9 Å². The van der Waals surface area contributed by atoms with Crippen LogP contribution in [0.2, 0.25) is 0 Å². The summed E-state index contributed by atoms with van der Waals surface area (Å²) in [7, 11) is 0. The molecule has 1 unspecified atom stereocenters. The second kappa shape index (κ2) is 6.33. The van der Waals surface area contributed by atoms with E-state index in [0.717, 1.165) is 25.3 Å². The van der Waals surface area contributed by atoms with Crippen LogP contribution in [0.25, 0.3) is 0 Å². The van der Waals surface area contributed by atoms with E-state index in [1.807, 2.05) is 0 Å². The molecule has 2 rings (SSSR count). The van der Waals surface area contributed by atoms with Gasteiger partial charge >= 0.3 is 5.97 Å². The third-order valence-corrected chi connectivity index (χ3v) is 3.14. The van der Waals surface area contributed by atoms with Crippen LogP contribution in [0.4, 0.5) is 11.4 Å². The highest BCUT2D eigenvalue weighted by Crippen LogP contribution is 2.21. The summed E-state index contributed by atoms with van der Waals surface area (Å²) in [6.07, 6.45) is 2.87. The number of carbonyl (C=O) groups is 1. The Hall–Kier alpha value is -2.15. The Labute approximate surface area is 115 Å². The average Bonchev–Trinajstić information content (AvgIpc) is 2.45. The first kappa shape index (κ1) is 14.3. The molecular formula is C13H16N2O5. The Bertz CT molecular complexity index is 511. The molecule has 1 fully saturated rings. The fourth-order valence-electron chi connectivity index (χ4n) is 2.03. The van der Waals surface area contributed by atoms with E-state index in [-0.39, 0.29) is 29.6 Å². The third kappa shape index (κ3) is 3.45. The largest absolute Gasteiger partial charge is 0.459 e. The second-order valence-electron chi connectivity index (χ2n) is 4.62. The lowest BCUT2D eigenvalue weighted by Gasteiger charge is -2.22. The number of rotatable bonds is 4. The molecule has 1 saturated heterocycles. The lowest BCUT2D eigenvalue weighted by Crippen LogP contribution is -2.26. The van der Waals surface area contributed by atoms with Crippen molar-refractivity contribution in [3.05, 3.63) is 33.9 Å². The number of non-ortho nitro benzene ring substituents is 1. The fourth-order valence-corrected chi connectivity index (χ4v) is 2.03. The summed E-state index contributed by atoms with van der Waals surface area (Å²) in [6.45, 7) is 0.858. The van der Waals surface area contributed by atoms with Crippen molar-refractivity contribution in [3.63, 3.8) is 0 Å². The highest BCUT2D eigenvalue weighted by molar-refractivity contribution is 5.95. The van der Waals surface area contributed by atoms with Gasteiger partial charge in [-0.15, -0.1) is 0 Å². The van der Waals surface area contributed by atoms with Gasteiger partial charge in [0.1, 0.15) is 6.61 Å². The van der Waals surface area contributed by atoms with Crippen molar-refractivity contribution in [1.29, 1.82) is 0 Å². The minimum absolute atomic E-state index is 0.0359. The van der Waals surface area contributed by atoms with Gasteiger partial charge in [0.25, 0.3) is 5.69 Å². The molecule has 1 aromatic rings. The first-order valence-corrected chi connectivity index (χ1v) is 6.40. The highest BCUT2D eigenvalue weighted by atomic mass is 16.6. The smallest absolute Gasteiger partial charge is 0.340 e. The molecule has 108 valence electrons. The summed E-state index contributed by atoms with van der Waals surface area (Å²) in [5.74, 6) is -0.591. The molecule has 0 bridgehead atoms. The number of hydrogen-bond acceptors (Lipinski definition) is 6. The molecule has 1 heterocycles. The molecule has 1 atom stereocenters. The standard InChI is InChI=1S/C13H16N2O5/c14-12-7-9(15(17)18)4-5-11(12)13(16)20-8-10-3-1-2-6-19-10/h4-5,7,10H,1-3,6,8,14H2. The van der Waals surface area contributed by atoms with Gasteiger partial charge < -0.3 is 15.2 Å². The molecule has 0 amide bonds. The summed E-state index contributed by atoms with van der Waals surface area (Å²) in [6, 6.07) is 3.68.